The van der Waals surface area contributed by atoms with Crippen LogP contribution < -0.4 is 9.64 Å². The molecule has 45 heavy (non-hydrogen) atoms. The van der Waals surface area contributed by atoms with Crippen LogP contribution in [0.5, 0.6) is 5.75 Å². The van der Waals surface area contributed by atoms with Gasteiger partial charge in [0.1, 0.15) is 23.7 Å². The summed E-state index contributed by atoms with van der Waals surface area (Å²) in [5, 5.41) is 9.32. The number of amides is 1. The molecule has 1 amide bonds. The summed E-state index contributed by atoms with van der Waals surface area (Å²) in [7, 11) is -4.10. The van der Waals surface area contributed by atoms with Crippen LogP contribution >= 0.6 is 0 Å². The topological polar surface area (TPSA) is 139 Å². The van der Waals surface area contributed by atoms with Gasteiger partial charge in [-0.05, 0) is 80.8 Å². The van der Waals surface area contributed by atoms with E-state index in [9.17, 15) is 23.1 Å². The highest BCUT2D eigenvalue weighted by Gasteiger charge is 2.29. The number of anilines is 1. The van der Waals surface area contributed by atoms with Gasteiger partial charge in [-0.3, -0.25) is 9.69 Å². The average Bonchev–Trinajstić information content (AvgIpc) is 3.00. The molecule has 0 aliphatic carbocycles. The first-order valence-corrected chi connectivity index (χ1v) is 15.7. The van der Waals surface area contributed by atoms with Gasteiger partial charge in [-0.2, -0.15) is 4.31 Å². The van der Waals surface area contributed by atoms with Gasteiger partial charge in [-0.1, -0.05) is 48.5 Å². The zero-order chi connectivity index (χ0) is 32.6. The van der Waals surface area contributed by atoms with Crippen LogP contribution in [0.1, 0.15) is 39.0 Å². The molecule has 0 aliphatic rings. The molecule has 236 valence electrons. The number of carbonyl (C=O) groups is 2. The van der Waals surface area contributed by atoms with Crippen LogP contribution in [-0.2, 0) is 32.6 Å². The van der Waals surface area contributed by atoms with Gasteiger partial charge in [0.05, 0.1) is 18.8 Å². The van der Waals surface area contributed by atoms with Crippen LogP contribution in [0.15, 0.2) is 96.2 Å². The van der Waals surface area contributed by atoms with Gasteiger partial charge in [0, 0.05) is 12.7 Å². The van der Waals surface area contributed by atoms with Crippen LogP contribution in [0.2, 0.25) is 0 Å². The van der Waals surface area contributed by atoms with Crippen molar-refractivity contribution >= 4 is 27.9 Å². The molecule has 0 bridgehead atoms. The normalized spacial score (nSPS) is 11.7. The number of pyridine rings is 2. The number of sulfonamides is 1. The third kappa shape index (κ3) is 9.10. The van der Waals surface area contributed by atoms with Crippen molar-refractivity contribution in [2.45, 2.75) is 51.4 Å². The van der Waals surface area contributed by atoms with Gasteiger partial charge < -0.3 is 14.6 Å². The van der Waals surface area contributed by atoms with Crippen molar-refractivity contribution in [1.29, 1.82) is 0 Å². The average molecular weight is 633 g/mol. The fraction of sp³-hybridized carbons (Fsp3) is 0.273. The molecule has 0 spiro atoms. The molecule has 4 rings (SSSR count). The van der Waals surface area contributed by atoms with Gasteiger partial charge in [0.15, 0.2) is 5.03 Å². The molecule has 0 saturated heterocycles. The monoisotopic (exact) mass is 632 g/mol. The van der Waals surface area contributed by atoms with Crippen LogP contribution in [0.25, 0.3) is 11.1 Å². The van der Waals surface area contributed by atoms with E-state index in [2.05, 4.69) is 9.97 Å². The fourth-order valence-electron chi connectivity index (χ4n) is 4.37. The number of aromatic nitrogens is 2. The van der Waals surface area contributed by atoms with E-state index in [1.54, 1.807) is 45.0 Å². The standard InChI is InChI=1S/C33H36N4O7S/c1-5-43-28-12-8-10-26(20-28)25-17-15-24(16-18-25)21-36(45(41,42)30-14-6-7-19-34-30)22-27-11-9-13-29(35-27)37(23-31(38)39)32(40)44-33(2,3)4/h6-20H,5,21-23H2,1-4H3,(H,38,39). The summed E-state index contributed by atoms with van der Waals surface area (Å²) in [4.78, 5) is 33.9. The van der Waals surface area contributed by atoms with Crippen molar-refractivity contribution in [3.05, 3.63) is 102 Å². The van der Waals surface area contributed by atoms with E-state index in [0.29, 0.717) is 6.61 Å². The maximum absolute atomic E-state index is 13.8. The Labute approximate surface area is 263 Å². The molecule has 0 aliphatic heterocycles. The maximum Gasteiger partial charge on any atom is 0.416 e. The zero-order valence-corrected chi connectivity index (χ0v) is 26.4. The van der Waals surface area contributed by atoms with Crippen molar-refractivity contribution in [3.63, 3.8) is 0 Å². The Morgan fingerprint density at radius 3 is 2.27 bits per heavy atom. The molecule has 0 fully saturated rings. The lowest BCUT2D eigenvalue weighted by molar-refractivity contribution is -0.135. The molecule has 2 aromatic carbocycles. The number of hydrogen-bond acceptors (Lipinski definition) is 8. The Hall–Kier alpha value is -4.81. The number of ether oxygens (including phenoxy) is 2. The summed E-state index contributed by atoms with van der Waals surface area (Å²) >= 11 is 0. The maximum atomic E-state index is 13.8. The number of benzene rings is 2. The summed E-state index contributed by atoms with van der Waals surface area (Å²) in [5.41, 5.74) is 2.03. The minimum absolute atomic E-state index is 0.00497. The number of nitrogens with zero attached hydrogens (tertiary/aromatic N) is 4. The number of aliphatic carboxylic acids is 1. The highest BCUT2D eigenvalue weighted by molar-refractivity contribution is 7.89. The summed E-state index contributed by atoms with van der Waals surface area (Å²) < 4.78 is 39.9. The number of carboxylic acid groups (broad SMARTS) is 1. The predicted molar refractivity (Wildman–Crippen MR) is 169 cm³/mol. The Bertz CT molecular complexity index is 1720. The molecule has 2 heterocycles. The first kappa shape index (κ1) is 33.1. The molecule has 4 aromatic rings. The highest BCUT2D eigenvalue weighted by Crippen LogP contribution is 2.26. The lowest BCUT2D eigenvalue weighted by atomic mass is 10.0. The van der Waals surface area contributed by atoms with Crippen molar-refractivity contribution in [2.75, 3.05) is 18.1 Å². The number of carboxylic acids is 1. The van der Waals surface area contributed by atoms with Gasteiger partial charge in [-0.15, -0.1) is 0 Å². The quantitative estimate of drug-likeness (QED) is 0.207. The number of rotatable bonds is 12. The second kappa shape index (κ2) is 14.3. The Kier molecular flexibility index (Phi) is 10.5. The van der Waals surface area contributed by atoms with E-state index in [-0.39, 0.29) is 29.6 Å². The van der Waals surface area contributed by atoms with E-state index < -0.39 is 34.2 Å². The molecule has 1 N–H and O–H groups in total. The Balaban J connectivity index is 1.65. The third-order valence-electron chi connectivity index (χ3n) is 6.35. The molecule has 2 aromatic heterocycles. The summed E-state index contributed by atoms with van der Waals surface area (Å²) in [5.74, 6) is -0.492. The Morgan fingerprint density at radius 2 is 1.62 bits per heavy atom. The van der Waals surface area contributed by atoms with Gasteiger partial charge in [-0.25, -0.2) is 23.2 Å². The first-order valence-electron chi connectivity index (χ1n) is 14.3. The number of hydrogen-bond donors (Lipinski definition) is 1. The largest absolute Gasteiger partial charge is 0.494 e. The molecule has 12 heteroatoms. The molecular formula is C33H36N4O7S. The zero-order valence-electron chi connectivity index (χ0n) is 25.6. The van der Waals surface area contributed by atoms with Crippen molar-refractivity contribution in [3.8, 4) is 16.9 Å². The predicted octanol–water partition coefficient (Wildman–Crippen LogP) is 5.76. The molecule has 11 nitrogen and oxygen atoms in total. The summed E-state index contributed by atoms with van der Waals surface area (Å²) in [6, 6.07) is 24.5. The minimum atomic E-state index is -4.10. The molecule has 0 saturated carbocycles. The lowest BCUT2D eigenvalue weighted by Crippen LogP contribution is -2.40. The Morgan fingerprint density at radius 1 is 0.889 bits per heavy atom. The van der Waals surface area contributed by atoms with Crippen molar-refractivity contribution < 1.29 is 32.6 Å². The van der Waals surface area contributed by atoms with E-state index in [1.807, 2.05) is 55.5 Å². The molecular weight excluding hydrogens is 596 g/mol. The van der Waals surface area contributed by atoms with Gasteiger partial charge >= 0.3 is 12.1 Å². The van der Waals surface area contributed by atoms with E-state index in [1.165, 1.54) is 22.6 Å². The SMILES string of the molecule is CCOc1cccc(-c2ccc(CN(Cc3cccc(N(CC(=O)O)C(=O)OC(C)(C)C)n3)S(=O)(=O)c3ccccn3)cc2)c1. The van der Waals surface area contributed by atoms with Gasteiger partial charge in [0.25, 0.3) is 10.0 Å². The van der Waals surface area contributed by atoms with Crippen LogP contribution in [0.3, 0.4) is 0 Å². The van der Waals surface area contributed by atoms with Crippen LogP contribution in [0.4, 0.5) is 10.6 Å². The third-order valence-corrected chi connectivity index (χ3v) is 8.06. The smallest absolute Gasteiger partial charge is 0.416 e. The first-order chi connectivity index (χ1) is 21.4. The van der Waals surface area contributed by atoms with E-state index >= 15 is 0 Å². The second-order valence-corrected chi connectivity index (χ2v) is 12.9. The van der Waals surface area contributed by atoms with Crippen LogP contribution in [0, 0.1) is 0 Å². The second-order valence-electron chi connectivity index (χ2n) is 11.0. The fourth-order valence-corrected chi connectivity index (χ4v) is 5.70. The minimum Gasteiger partial charge on any atom is -0.494 e. The molecule has 0 atom stereocenters. The van der Waals surface area contributed by atoms with Crippen LogP contribution in [-0.4, -0.2) is 58.6 Å². The molecule has 0 unspecified atom stereocenters. The highest BCUT2D eigenvalue weighted by atomic mass is 32.2. The number of carbonyl (C=O) groups excluding carboxylic acids is 1. The van der Waals surface area contributed by atoms with Gasteiger partial charge in [0.2, 0.25) is 0 Å². The molecule has 0 radical (unpaired) electrons. The van der Waals surface area contributed by atoms with Crippen molar-refractivity contribution in [1.82, 2.24) is 14.3 Å². The summed E-state index contributed by atoms with van der Waals surface area (Å²) in [6.07, 6.45) is 0.513. The lowest BCUT2D eigenvalue weighted by Gasteiger charge is -2.26. The summed E-state index contributed by atoms with van der Waals surface area (Å²) in [6.45, 7) is 6.59. The van der Waals surface area contributed by atoms with Crippen molar-refractivity contribution in [2.24, 2.45) is 0 Å². The van der Waals surface area contributed by atoms with E-state index in [4.69, 9.17) is 9.47 Å². The van der Waals surface area contributed by atoms with E-state index in [0.717, 1.165) is 27.3 Å².